The smallest absolute Gasteiger partial charge is 0.262 e. The summed E-state index contributed by atoms with van der Waals surface area (Å²) in [4.78, 5) is 14.3. The second-order valence-corrected chi connectivity index (χ2v) is 4.94. The lowest BCUT2D eigenvalue weighted by Crippen LogP contribution is -2.29. The number of halogens is 1. The monoisotopic (exact) mass is 286 g/mol. The van der Waals surface area contributed by atoms with Crippen molar-refractivity contribution in [1.82, 2.24) is 0 Å². The number of rotatable bonds is 2. The van der Waals surface area contributed by atoms with E-state index in [2.05, 4.69) is 0 Å². The van der Waals surface area contributed by atoms with Crippen molar-refractivity contribution in [2.75, 3.05) is 24.3 Å². The van der Waals surface area contributed by atoms with Gasteiger partial charge in [-0.25, -0.2) is 4.39 Å². The number of carbonyl (C=O) groups is 1. The molecule has 0 bridgehead atoms. The summed E-state index contributed by atoms with van der Waals surface area (Å²) in [5, 5.41) is 0. The summed E-state index contributed by atoms with van der Waals surface area (Å²) in [7, 11) is 1.49. The summed E-state index contributed by atoms with van der Waals surface area (Å²) in [6.45, 7) is 0.533. The third kappa shape index (κ3) is 2.31. The molecule has 1 aliphatic heterocycles. The number of benzene rings is 2. The van der Waals surface area contributed by atoms with E-state index in [0.717, 1.165) is 12.0 Å². The van der Waals surface area contributed by atoms with Crippen LogP contribution in [0.4, 0.5) is 15.8 Å². The van der Waals surface area contributed by atoms with Crippen molar-refractivity contribution < 1.29 is 13.9 Å². The first kappa shape index (κ1) is 13.4. The molecule has 0 saturated heterocycles. The van der Waals surface area contributed by atoms with Crippen LogP contribution in [0.15, 0.2) is 36.4 Å². The Kier molecular flexibility index (Phi) is 3.25. The van der Waals surface area contributed by atoms with Crippen LogP contribution in [0.25, 0.3) is 0 Å². The van der Waals surface area contributed by atoms with Gasteiger partial charge in [0.1, 0.15) is 11.6 Å². The van der Waals surface area contributed by atoms with Crippen LogP contribution in [0.5, 0.6) is 5.75 Å². The van der Waals surface area contributed by atoms with Gasteiger partial charge in [-0.3, -0.25) is 4.79 Å². The third-order valence-electron chi connectivity index (χ3n) is 3.64. The highest BCUT2D eigenvalue weighted by atomic mass is 19.1. The van der Waals surface area contributed by atoms with Crippen LogP contribution < -0.4 is 15.4 Å². The Hall–Kier alpha value is -2.56. The minimum atomic E-state index is -0.349. The molecule has 1 aliphatic rings. The molecule has 108 valence electrons. The predicted octanol–water partition coefficient (Wildman–Crippen LogP) is 2.62. The number of nitrogens with zero attached hydrogens (tertiary/aromatic N) is 1. The molecule has 0 unspecified atom stereocenters. The van der Waals surface area contributed by atoms with Crippen LogP contribution in [0.1, 0.15) is 15.9 Å². The van der Waals surface area contributed by atoms with Gasteiger partial charge in [0.05, 0.1) is 18.4 Å². The Balaban J connectivity index is 2.00. The summed E-state index contributed by atoms with van der Waals surface area (Å²) in [6.07, 6.45) is 0.721. The molecule has 1 heterocycles. The van der Waals surface area contributed by atoms with Crippen LogP contribution in [0, 0.1) is 5.82 Å². The lowest BCUT2D eigenvalue weighted by Gasteiger charge is -2.19. The molecule has 0 saturated carbocycles. The maximum absolute atomic E-state index is 13.4. The Morgan fingerprint density at radius 2 is 2.10 bits per heavy atom. The van der Waals surface area contributed by atoms with E-state index in [0.29, 0.717) is 29.2 Å². The van der Waals surface area contributed by atoms with Gasteiger partial charge in [-0.15, -0.1) is 0 Å². The Bertz CT molecular complexity index is 715. The molecule has 0 radical (unpaired) electrons. The van der Waals surface area contributed by atoms with Gasteiger partial charge in [-0.2, -0.15) is 0 Å². The number of carbonyl (C=O) groups excluding carboxylic acids is 1. The summed E-state index contributed by atoms with van der Waals surface area (Å²) < 4.78 is 18.6. The van der Waals surface area contributed by atoms with Crippen LogP contribution in [0.3, 0.4) is 0 Å². The van der Waals surface area contributed by atoms with Gasteiger partial charge in [-0.05, 0) is 36.2 Å². The fourth-order valence-electron chi connectivity index (χ4n) is 2.59. The molecule has 0 aromatic heterocycles. The summed E-state index contributed by atoms with van der Waals surface area (Å²) >= 11 is 0. The molecular formula is C16H15FN2O2. The van der Waals surface area contributed by atoms with Crippen molar-refractivity contribution in [1.29, 1.82) is 0 Å². The average molecular weight is 286 g/mol. The molecule has 0 aliphatic carbocycles. The molecule has 2 aromatic rings. The summed E-state index contributed by atoms with van der Waals surface area (Å²) in [5.41, 5.74) is 8.24. The number of nitrogens with two attached hydrogens (primary N) is 1. The van der Waals surface area contributed by atoms with Gasteiger partial charge >= 0.3 is 0 Å². The molecule has 0 spiro atoms. The number of methoxy groups -OCH3 is 1. The molecule has 0 fully saturated rings. The highest BCUT2D eigenvalue weighted by Gasteiger charge is 2.27. The molecule has 2 N–H and O–H groups in total. The fourth-order valence-corrected chi connectivity index (χ4v) is 2.59. The van der Waals surface area contributed by atoms with Crippen LogP contribution >= 0.6 is 0 Å². The molecule has 0 atom stereocenters. The molecule has 5 heteroatoms. The number of fused-ring (bicyclic) bond motifs is 1. The number of ether oxygens (including phenoxy) is 1. The summed E-state index contributed by atoms with van der Waals surface area (Å²) in [6, 6.07) is 9.42. The first-order valence-electron chi connectivity index (χ1n) is 6.64. The predicted molar refractivity (Wildman–Crippen MR) is 79.2 cm³/mol. The second-order valence-electron chi connectivity index (χ2n) is 4.94. The van der Waals surface area contributed by atoms with Crippen molar-refractivity contribution in [2.45, 2.75) is 6.42 Å². The first-order chi connectivity index (χ1) is 10.1. The minimum Gasteiger partial charge on any atom is -0.496 e. The van der Waals surface area contributed by atoms with Crippen molar-refractivity contribution in [2.24, 2.45) is 0 Å². The van der Waals surface area contributed by atoms with Gasteiger partial charge in [0.15, 0.2) is 0 Å². The number of hydrogen-bond donors (Lipinski definition) is 1. The van der Waals surface area contributed by atoms with Crippen molar-refractivity contribution in [3.63, 3.8) is 0 Å². The van der Waals surface area contributed by atoms with Crippen molar-refractivity contribution in [3.8, 4) is 5.75 Å². The van der Waals surface area contributed by atoms with Crippen LogP contribution in [-0.4, -0.2) is 19.6 Å². The summed E-state index contributed by atoms with van der Waals surface area (Å²) in [5.74, 6) is -0.140. The average Bonchev–Trinajstić information content (AvgIpc) is 2.89. The van der Waals surface area contributed by atoms with Gasteiger partial charge in [-0.1, -0.05) is 6.07 Å². The van der Waals surface area contributed by atoms with E-state index in [1.54, 1.807) is 29.2 Å². The molecule has 1 amide bonds. The number of nitrogen functional groups attached to an aromatic ring is 1. The van der Waals surface area contributed by atoms with Crippen LogP contribution in [-0.2, 0) is 6.42 Å². The topological polar surface area (TPSA) is 55.6 Å². The molecule has 21 heavy (non-hydrogen) atoms. The third-order valence-corrected chi connectivity index (χ3v) is 3.64. The normalized spacial score (nSPS) is 13.1. The van der Waals surface area contributed by atoms with E-state index < -0.39 is 0 Å². The highest BCUT2D eigenvalue weighted by Crippen LogP contribution is 2.32. The zero-order valence-electron chi connectivity index (χ0n) is 11.6. The standard InChI is InChI=1S/C16H15FN2O2/c1-21-15-9-12(18)4-5-13(15)16(20)19-7-6-10-2-3-11(17)8-14(10)19/h2-5,8-9H,6-7,18H2,1H3. The van der Waals surface area contributed by atoms with Gasteiger partial charge < -0.3 is 15.4 Å². The quantitative estimate of drug-likeness (QED) is 0.863. The number of hydrogen-bond acceptors (Lipinski definition) is 3. The molecular weight excluding hydrogens is 271 g/mol. The maximum Gasteiger partial charge on any atom is 0.262 e. The zero-order chi connectivity index (χ0) is 15.0. The Morgan fingerprint density at radius 3 is 2.86 bits per heavy atom. The second kappa shape index (κ2) is 5.09. The van der Waals surface area contributed by atoms with E-state index in [1.807, 2.05) is 0 Å². The van der Waals surface area contributed by atoms with Gasteiger partial charge in [0, 0.05) is 18.3 Å². The minimum absolute atomic E-state index is 0.212. The largest absolute Gasteiger partial charge is 0.496 e. The van der Waals surface area contributed by atoms with Crippen molar-refractivity contribution in [3.05, 3.63) is 53.3 Å². The van der Waals surface area contributed by atoms with Gasteiger partial charge in [0.25, 0.3) is 5.91 Å². The van der Waals surface area contributed by atoms with E-state index >= 15 is 0 Å². The van der Waals surface area contributed by atoms with E-state index in [1.165, 1.54) is 19.2 Å². The van der Waals surface area contributed by atoms with Crippen LogP contribution in [0.2, 0.25) is 0 Å². The van der Waals surface area contributed by atoms with E-state index in [4.69, 9.17) is 10.5 Å². The number of anilines is 2. The maximum atomic E-state index is 13.4. The lowest BCUT2D eigenvalue weighted by atomic mass is 10.1. The molecule has 4 nitrogen and oxygen atoms in total. The Labute approximate surface area is 121 Å². The van der Waals surface area contributed by atoms with E-state index in [-0.39, 0.29) is 11.7 Å². The number of amides is 1. The first-order valence-corrected chi connectivity index (χ1v) is 6.64. The lowest BCUT2D eigenvalue weighted by molar-refractivity contribution is 0.0986. The molecule has 2 aromatic carbocycles. The zero-order valence-corrected chi connectivity index (χ0v) is 11.6. The SMILES string of the molecule is COc1cc(N)ccc1C(=O)N1CCc2ccc(F)cc21. The fraction of sp³-hybridized carbons (Fsp3) is 0.188. The van der Waals surface area contributed by atoms with Gasteiger partial charge in [0.2, 0.25) is 0 Å². The Morgan fingerprint density at radius 1 is 1.29 bits per heavy atom. The van der Waals surface area contributed by atoms with E-state index in [9.17, 15) is 9.18 Å². The van der Waals surface area contributed by atoms with Crippen molar-refractivity contribution >= 4 is 17.3 Å². The highest BCUT2D eigenvalue weighted by molar-refractivity contribution is 6.09. The molecule has 3 rings (SSSR count).